The van der Waals surface area contributed by atoms with Crippen LogP contribution in [-0.4, -0.2) is 34.0 Å². The van der Waals surface area contributed by atoms with E-state index in [0.717, 1.165) is 24.2 Å². The van der Waals surface area contributed by atoms with Crippen LogP contribution in [0.1, 0.15) is 30.1 Å². The van der Waals surface area contributed by atoms with Crippen molar-refractivity contribution in [2.24, 2.45) is 5.92 Å². The van der Waals surface area contributed by atoms with Crippen LogP contribution in [0.2, 0.25) is 0 Å². The van der Waals surface area contributed by atoms with Gasteiger partial charge in [0.2, 0.25) is 0 Å². The van der Waals surface area contributed by atoms with Crippen LogP contribution in [0.15, 0.2) is 48.7 Å². The van der Waals surface area contributed by atoms with Gasteiger partial charge in [0.25, 0.3) is 0 Å². The second-order valence-corrected chi connectivity index (χ2v) is 5.88. The lowest BCUT2D eigenvalue weighted by Crippen LogP contribution is -2.41. The molecule has 0 aliphatic carbocycles. The predicted molar refractivity (Wildman–Crippen MR) is 84.4 cm³/mol. The average molecular weight is 314 g/mol. The highest BCUT2D eigenvalue weighted by molar-refractivity contribution is 5.70. The molecule has 1 saturated heterocycles. The van der Waals surface area contributed by atoms with Crippen molar-refractivity contribution < 1.29 is 14.3 Å². The van der Waals surface area contributed by atoms with Crippen LogP contribution in [0.4, 0.5) is 4.39 Å². The van der Waals surface area contributed by atoms with Crippen molar-refractivity contribution in [3.05, 3.63) is 65.7 Å². The number of piperidine rings is 1. The monoisotopic (exact) mass is 314 g/mol. The number of aromatic nitrogens is 1. The summed E-state index contributed by atoms with van der Waals surface area (Å²) in [5.74, 6) is -1.45. The maximum atomic E-state index is 13.7. The summed E-state index contributed by atoms with van der Waals surface area (Å²) in [5.41, 5.74) is 1.61. The second-order valence-electron chi connectivity index (χ2n) is 5.88. The van der Waals surface area contributed by atoms with Crippen molar-refractivity contribution in [1.82, 2.24) is 9.88 Å². The minimum atomic E-state index is -0.770. The zero-order valence-corrected chi connectivity index (χ0v) is 12.7. The quantitative estimate of drug-likeness (QED) is 0.942. The van der Waals surface area contributed by atoms with Gasteiger partial charge in [-0.15, -0.1) is 0 Å². The van der Waals surface area contributed by atoms with Crippen molar-refractivity contribution >= 4 is 5.97 Å². The number of benzene rings is 1. The fourth-order valence-corrected chi connectivity index (χ4v) is 3.23. The van der Waals surface area contributed by atoms with E-state index in [1.165, 1.54) is 12.1 Å². The molecule has 5 heteroatoms. The molecule has 2 heterocycles. The Morgan fingerprint density at radius 3 is 2.87 bits per heavy atom. The van der Waals surface area contributed by atoms with Gasteiger partial charge in [0.15, 0.2) is 0 Å². The highest BCUT2D eigenvalue weighted by atomic mass is 19.1. The number of nitrogens with zero attached hydrogens (tertiary/aromatic N) is 2. The van der Waals surface area contributed by atoms with E-state index in [9.17, 15) is 14.3 Å². The largest absolute Gasteiger partial charge is 0.481 e. The Kier molecular flexibility index (Phi) is 4.67. The lowest BCUT2D eigenvalue weighted by molar-refractivity contribution is -0.143. The number of carbonyl (C=O) groups is 1. The van der Waals surface area contributed by atoms with Crippen LogP contribution in [0.25, 0.3) is 0 Å². The second kappa shape index (κ2) is 6.87. The van der Waals surface area contributed by atoms with E-state index in [-0.39, 0.29) is 17.8 Å². The van der Waals surface area contributed by atoms with Crippen molar-refractivity contribution in [2.75, 3.05) is 13.1 Å². The van der Waals surface area contributed by atoms with Gasteiger partial charge < -0.3 is 5.11 Å². The Morgan fingerprint density at radius 2 is 2.17 bits per heavy atom. The molecular formula is C18H19FN2O2. The zero-order valence-electron chi connectivity index (χ0n) is 12.7. The number of hydrogen-bond acceptors (Lipinski definition) is 3. The van der Waals surface area contributed by atoms with Gasteiger partial charge in [0.1, 0.15) is 5.82 Å². The molecule has 2 unspecified atom stereocenters. The van der Waals surface area contributed by atoms with Crippen molar-refractivity contribution in [2.45, 2.75) is 18.9 Å². The Morgan fingerprint density at radius 1 is 1.30 bits per heavy atom. The summed E-state index contributed by atoms with van der Waals surface area (Å²) in [6, 6.07) is 11.9. The van der Waals surface area contributed by atoms with E-state index in [1.807, 2.05) is 24.3 Å². The van der Waals surface area contributed by atoms with Gasteiger partial charge in [0, 0.05) is 12.7 Å². The molecular weight excluding hydrogens is 295 g/mol. The SMILES string of the molecule is O=C(O)C1CCCN(C(c2cccc(F)c2)c2ccccn2)C1. The molecule has 1 aromatic heterocycles. The topological polar surface area (TPSA) is 53.4 Å². The van der Waals surface area contributed by atoms with E-state index in [0.29, 0.717) is 13.0 Å². The lowest BCUT2D eigenvalue weighted by atomic mass is 9.93. The normalized spacial score (nSPS) is 20.1. The van der Waals surface area contributed by atoms with Gasteiger partial charge in [-0.3, -0.25) is 14.7 Å². The number of halogens is 1. The number of carboxylic acid groups (broad SMARTS) is 1. The summed E-state index contributed by atoms with van der Waals surface area (Å²) in [5, 5.41) is 9.32. The molecule has 1 aliphatic rings. The van der Waals surface area contributed by atoms with Gasteiger partial charge in [-0.1, -0.05) is 18.2 Å². The van der Waals surface area contributed by atoms with Crippen LogP contribution >= 0.6 is 0 Å². The molecule has 0 saturated carbocycles. The highest BCUT2D eigenvalue weighted by Gasteiger charge is 2.31. The van der Waals surface area contributed by atoms with E-state index in [1.54, 1.807) is 12.3 Å². The molecule has 1 fully saturated rings. The van der Waals surface area contributed by atoms with Crippen LogP contribution < -0.4 is 0 Å². The number of likely N-dealkylation sites (tertiary alicyclic amines) is 1. The summed E-state index contributed by atoms with van der Waals surface area (Å²) in [4.78, 5) is 17.9. The van der Waals surface area contributed by atoms with Crippen LogP contribution in [-0.2, 0) is 4.79 Å². The zero-order chi connectivity index (χ0) is 16.2. The minimum Gasteiger partial charge on any atom is -0.481 e. The first kappa shape index (κ1) is 15.6. The highest BCUT2D eigenvalue weighted by Crippen LogP contribution is 2.31. The third kappa shape index (κ3) is 3.56. The summed E-state index contributed by atoms with van der Waals surface area (Å²) >= 11 is 0. The summed E-state index contributed by atoms with van der Waals surface area (Å²) in [7, 11) is 0. The Labute approximate surface area is 134 Å². The summed E-state index contributed by atoms with van der Waals surface area (Å²) in [6.07, 6.45) is 3.21. The summed E-state index contributed by atoms with van der Waals surface area (Å²) in [6.45, 7) is 1.23. The van der Waals surface area contributed by atoms with Crippen LogP contribution in [0.3, 0.4) is 0 Å². The van der Waals surface area contributed by atoms with Crippen molar-refractivity contribution in [1.29, 1.82) is 0 Å². The lowest BCUT2D eigenvalue weighted by Gasteiger charge is -2.37. The van der Waals surface area contributed by atoms with E-state index in [2.05, 4.69) is 9.88 Å². The number of aliphatic carboxylic acids is 1. The smallest absolute Gasteiger partial charge is 0.307 e. The van der Waals surface area contributed by atoms with Crippen LogP contribution in [0, 0.1) is 11.7 Å². The molecule has 0 bridgehead atoms. The Balaban J connectivity index is 1.97. The standard InChI is InChI=1S/C18H19FN2O2/c19-15-7-3-5-13(11-15)17(16-8-1-2-9-20-16)21-10-4-6-14(12-21)18(22)23/h1-3,5,7-9,11,14,17H,4,6,10,12H2,(H,22,23). The van der Waals surface area contributed by atoms with Crippen LogP contribution in [0.5, 0.6) is 0 Å². The molecule has 1 aromatic carbocycles. The van der Waals surface area contributed by atoms with E-state index in [4.69, 9.17) is 0 Å². The fraction of sp³-hybridized carbons (Fsp3) is 0.333. The third-order valence-corrected chi connectivity index (χ3v) is 4.30. The molecule has 23 heavy (non-hydrogen) atoms. The molecule has 1 aliphatic heterocycles. The van der Waals surface area contributed by atoms with Gasteiger partial charge in [0.05, 0.1) is 17.7 Å². The molecule has 1 N–H and O–H groups in total. The molecule has 0 spiro atoms. The maximum absolute atomic E-state index is 13.7. The van der Waals surface area contributed by atoms with E-state index >= 15 is 0 Å². The number of carboxylic acids is 1. The number of pyridine rings is 1. The predicted octanol–water partition coefficient (Wildman–Crippen LogP) is 3.11. The van der Waals surface area contributed by atoms with Gasteiger partial charge in [-0.05, 0) is 49.2 Å². The first-order chi connectivity index (χ1) is 11.1. The Bertz CT molecular complexity index is 678. The molecule has 4 nitrogen and oxygen atoms in total. The molecule has 2 atom stereocenters. The van der Waals surface area contributed by atoms with Gasteiger partial charge in [-0.2, -0.15) is 0 Å². The van der Waals surface area contributed by atoms with Crippen molar-refractivity contribution in [3.63, 3.8) is 0 Å². The number of rotatable bonds is 4. The molecule has 3 rings (SSSR count). The molecule has 0 amide bonds. The first-order valence-corrected chi connectivity index (χ1v) is 7.78. The average Bonchev–Trinajstić information content (AvgIpc) is 2.56. The van der Waals surface area contributed by atoms with E-state index < -0.39 is 5.97 Å². The molecule has 0 radical (unpaired) electrons. The summed E-state index contributed by atoms with van der Waals surface area (Å²) < 4.78 is 13.7. The fourth-order valence-electron chi connectivity index (χ4n) is 3.23. The number of hydrogen-bond donors (Lipinski definition) is 1. The molecule has 120 valence electrons. The van der Waals surface area contributed by atoms with Gasteiger partial charge in [-0.25, -0.2) is 4.39 Å². The first-order valence-electron chi connectivity index (χ1n) is 7.78. The Hall–Kier alpha value is -2.27. The molecule has 2 aromatic rings. The van der Waals surface area contributed by atoms with Gasteiger partial charge >= 0.3 is 5.97 Å². The third-order valence-electron chi connectivity index (χ3n) is 4.30. The maximum Gasteiger partial charge on any atom is 0.307 e. The van der Waals surface area contributed by atoms with Crippen molar-refractivity contribution in [3.8, 4) is 0 Å². The minimum absolute atomic E-state index is 0.228.